The van der Waals surface area contributed by atoms with E-state index in [4.69, 9.17) is 9.47 Å². The Morgan fingerprint density at radius 3 is 2.50 bits per heavy atom. The van der Waals surface area contributed by atoms with Crippen molar-refractivity contribution in [1.82, 2.24) is 5.32 Å². The number of aliphatic hydroxyl groups is 1. The Balaban J connectivity index is 1.49. The molecule has 0 radical (unpaired) electrons. The molecule has 2 saturated heterocycles. The highest BCUT2D eigenvalue weighted by molar-refractivity contribution is 6.71. The van der Waals surface area contributed by atoms with Crippen LogP contribution in [0.5, 0.6) is 5.75 Å². The van der Waals surface area contributed by atoms with E-state index in [0.29, 0.717) is 18.8 Å². The largest absolute Gasteiger partial charge is 0.490 e. The first-order chi connectivity index (χ1) is 18.2. The van der Waals surface area contributed by atoms with Gasteiger partial charge in [-0.3, -0.25) is 9.69 Å². The van der Waals surface area contributed by atoms with Gasteiger partial charge in [0, 0.05) is 42.1 Å². The number of rotatable bonds is 7. The summed E-state index contributed by atoms with van der Waals surface area (Å²) in [7, 11) is -0.909. The summed E-state index contributed by atoms with van der Waals surface area (Å²) in [4.78, 5) is 29.3. The average molecular weight is 540 g/mol. The molecule has 1 unspecified atom stereocenters. The molecule has 1 spiro atoms. The number of carbonyl (C=O) groups excluding carboxylic acids is 1. The molecule has 0 bridgehead atoms. The molecule has 0 saturated carbocycles. The Morgan fingerprint density at radius 1 is 1.16 bits per heavy atom. The number of methoxy groups -OCH3 is 1. The second kappa shape index (κ2) is 10.6. The Bertz CT molecular complexity index is 1130. The average Bonchev–Trinajstić information content (AvgIpc) is 3.18. The number of amides is 1. The third-order valence-corrected chi connectivity index (χ3v) is 11.2. The fraction of sp³-hybridized carbons (Fsp3) is 0.552. The van der Waals surface area contributed by atoms with Gasteiger partial charge in [-0.05, 0) is 75.8 Å². The zero-order chi connectivity index (χ0) is 27.1. The fourth-order valence-corrected chi connectivity index (χ4v) is 8.77. The smallest absolute Gasteiger partial charge is 0.254 e. The van der Waals surface area contributed by atoms with Crippen LogP contribution in [0, 0.1) is 5.92 Å². The Kier molecular flexibility index (Phi) is 7.58. The van der Waals surface area contributed by atoms with E-state index < -0.39 is 13.9 Å². The van der Waals surface area contributed by atoms with E-state index in [0.717, 1.165) is 42.9 Å². The maximum absolute atomic E-state index is 14.1. The van der Waals surface area contributed by atoms with Crippen molar-refractivity contribution in [3.8, 4) is 5.75 Å². The minimum Gasteiger partial charge on any atom is -0.490 e. The van der Waals surface area contributed by atoms with Gasteiger partial charge >= 0.3 is 0 Å². The Morgan fingerprint density at radius 2 is 1.87 bits per heavy atom. The molecule has 2 aromatic rings. The number of para-hydroxylation sites is 1. The molecule has 3 heterocycles. The van der Waals surface area contributed by atoms with E-state index in [1.54, 1.807) is 7.11 Å². The summed E-state index contributed by atoms with van der Waals surface area (Å²) in [5, 5.41) is 13.1. The van der Waals surface area contributed by atoms with Gasteiger partial charge in [0.2, 0.25) is 0 Å². The van der Waals surface area contributed by atoms with Crippen LogP contribution >= 0.6 is 0 Å². The van der Waals surface area contributed by atoms with Crippen LogP contribution in [0.3, 0.4) is 0 Å². The normalized spacial score (nSPS) is 25.8. The number of hydrogen-bond acceptors (Lipinski definition) is 7. The maximum atomic E-state index is 14.1. The molecule has 8 nitrogen and oxygen atoms in total. The summed E-state index contributed by atoms with van der Waals surface area (Å²) in [5.74, 6) is 0.813. The van der Waals surface area contributed by atoms with Gasteiger partial charge in [0.25, 0.3) is 5.91 Å². The molecule has 3 aliphatic rings. The van der Waals surface area contributed by atoms with Crippen LogP contribution in [0.1, 0.15) is 37.9 Å². The van der Waals surface area contributed by atoms with Crippen molar-refractivity contribution in [2.24, 2.45) is 5.92 Å². The minimum atomic E-state index is -2.61. The third kappa shape index (κ3) is 4.64. The second-order valence-electron chi connectivity index (χ2n) is 11.5. The third-order valence-electron chi connectivity index (χ3n) is 8.81. The number of benzene rings is 2. The molecule has 206 valence electrons. The summed E-state index contributed by atoms with van der Waals surface area (Å²) in [6.07, 6.45) is 1.49. The van der Waals surface area contributed by atoms with Gasteiger partial charge in [-0.2, -0.15) is 0 Å². The summed E-state index contributed by atoms with van der Waals surface area (Å²) < 4.78 is 12.5. The van der Waals surface area contributed by atoms with Crippen molar-refractivity contribution in [2.45, 2.75) is 62.6 Å². The summed E-state index contributed by atoms with van der Waals surface area (Å²) in [6, 6.07) is 16.2. The molecule has 5 rings (SSSR count). The topological polar surface area (TPSA) is 94.5 Å². The number of ether oxygens (including phenoxy) is 2. The van der Waals surface area contributed by atoms with Gasteiger partial charge in [-0.15, -0.1) is 0 Å². The number of anilines is 2. The van der Waals surface area contributed by atoms with Crippen LogP contribution in [0.25, 0.3) is 0 Å². The maximum Gasteiger partial charge on any atom is 0.254 e. The van der Waals surface area contributed by atoms with Crippen molar-refractivity contribution in [2.75, 3.05) is 43.3 Å². The van der Waals surface area contributed by atoms with Crippen molar-refractivity contribution in [3.63, 3.8) is 0 Å². The van der Waals surface area contributed by atoms with E-state index in [1.165, 1.54) is 0 Å². The predicted molar refractivity (Wildman–Crippen MR) is 151 cm³/mol. The lowest BCUT2D eigenvalue weighted by Gasteiger charge is -2.43. The highest BCUT2D eigenvalue weighted by Crippen LogP contribution is 2.48. The zero-order valence-electron chi connectivity index (χ0n) is 22.9. The van der Waals surface area contributed by atoms with Crippen LogP contribution in [0.15, 0.2) is 48.5 Å². The van der Waals surface area contributed by atoms with Gasteiger partial charge in [-0.25, -0.2) is 0 Å². The number of piperidine rings is 1. The molecule has 0 aromatic heterocycles. The van der Waals surface area contributed by atoms with Gasteiger partial charge in [0.1, 0.15) is 17.4 Å². The van der Waals surface area contributed by atoms with Crippen molar-refractivity contribution in [3.05, 3.63) is 54.1 Å². The van der Waals surface area contributed by atoms with E-state index >= 15 is 0 Å². The van der Waals surface area contributed by atoms with Crippen molar-refractivity contribution in [1.29, 1.82) is 0 Å². The molecular formula is C29H41N3O5Si. The molecule has 4 atom stereocenters. The van der Waals surface area contributed by atoms with E-state index in [1.807, 2.05) is 54.4 Å². The highest BCUT2D eigenvalue weighted by atomic mass is 28.4. The Hall–Kier alpha value is -2.43. The van der Waals surface area contributed by atoms with Crippen LogP contribution in [-0.2, 0) is 9.53 Å². The molecular weight excluding hydrogens is 498 g/mol. The van der Waals surface area contributed by atoms with Gasteiger partial charge in [0.15, 0.2) is 8.32 Å². The number of fused-ring (bicyclic) bond motifs is 1. The fourth-order valence-electron chi connectivity index (χ4n) is 6.76. The number of nitrogens with zero attached hydrogens (tertiary/aromatic N) is 2. The number of hydrogen-bond donors (Lipinski definition) is 3. The molecule has 9 heteroatoms. The molecule has 2 aromatic carbocycles. The van der Waals surface area contributed by atoms with Crippen LogP contribution < -0.4 is 19.9 Å². The number of aliphatic hydroxyl groups excluding tert-OH is 1. The number of nitrogens with one attached hydrogen (secondary N) is 1. The van der Waals surface area contributed by atoms with Crippen molar-refractivity contribution >= 4 is 25.6 Å². The zero-order valence-corrected chi connectivity index (χ0v) is 23.9. The van der Waals surface area contributed by atoms with E-state index in [9.17, 15) is 14.7 Å². The minimum absolute atomic E-state index is 0.00391. The second-order valence-corrected chi connectivity index (χ2v) is 15.6. The standard InChI is InChI=1S/C29H41N3O5Si/c1-20-26(36-2)23-18-22(10-11-24(23)37-27(20)25(12-17-33)38(3,4)35)31-19-32(21-8-6-5-7-9-21)29(28(31)34)13-15-30-16-14-29/h5-11,18,20,25-27,30,33,35H,12-17,19H2,1-4H3/t20-,25?,26-,27-/m0/s1. The Labute approximate surface area is 226 Å². The van der Waals surface area contributed by atoms with Gasteiger partial charge < -0.3 is 29.6 Å². The molecule has 1 amide bonds. The van der Waals surface area contributed by atoms with E-state index in [-0.39, 0.29) is 36.2 Å². The molecule has 38 heavy (non-hydrogen) atoms. The van der Waals surface area contributed by atoms with Gasteiger partial charge in [-0.1, -0.05) is 25.1 Å². The predicted octanol–water partition coefficient (Wildman–Crippen LogP) is 3.65. The first-order valence-corrected chi connectivity index (χ1v) is 16.8. The monoisotopic (exact) mass is 539 g/mol. The van der Waals surface area contributed by atoms with Gasteiger partial charge in [0.05, 0.1) is 12.8 Å². The lowest BCUT2D eigenvalue weighted by molar-refractivity contribution is -0.122. The first-order valence-electron chi connectivity index (χ1n) is 13.7. The SMILES string of the molecule is CO[C@@H]1c2cc(N3CN(c4ccccc4)C4(CCNCC4)C3=O)ccc2O[C@H](C(CCO)[Si](C)(C)O)[C@H]1C. The molecule has 3 N–H and O–H groups in total. The summed E-state index contributed by atoms with van der Waals surface area (Å²) in [6.45, 7) is 8.00. The van der Waals surface area contributed by atoms with Crippen LogP contribution in [0.2, 0.25) is 18.6 Å². The summed E-state index contributed by atoms with van der Waals surface area (Å²) in [5.41, 5.74) is 2.12. The summed E-state index contributed by atoms with van der Waals surface area (Å²) >= 11 is 0. The molecule has 0 aliphatic carbocycles. The molecule has 3 aliphatic heterocycles. The van der Waals surface area contributed by atoms with E-state index in [2.05, 4.69) is 29.3 Å². The quantitative estimate of drug-likeness (QED) is 0.463. The highest BCUT2D eigenvalue weighted by Gasteiger charge is 2.53. The lowest BCUT2D eigenvalue weighted by Crippen LogP contribution is -2.55. The first kappa shape index (κ1) is 27.1. The van der Waals surface area contributed by atoms with Crippen LogP contribution in [0.4, 0.5) is 11.4 Å². The number of carbonyl (C=O) groups is 1. The van der Waals surface area contributed by atoms with Crippen molar-refractivity contribution < 1.29 is 24.2 Å². The molecule has 2 fully saturated rings. The van der Waals surface area contributed by atoms with Crippen LogP contribution in [-0.4, -0.2) is 69.2 Å². The lowest BCUT2D eigenvalue weighted by atomic mass is 9.85.